The molecule has 27 heavy (non-hydrogen) atoms. The van der Waals surface area contributed by atoms with E-state index in [0.29, 0.717) is 6.42 Å². The summed E-state index contributed by atoms with van der Waals surface area (Å²) in [4.78, 5) is 25.4. The lowest BCUT2D eigenvalue weighted by Gasteiger charge is -2.25. The lowest BCUT2D eigenvalue weighted by atomic mass is 9.96. The van der Waals surface area contributed by atoms with Crippen LogP contribution in [0.25, 0.3) is 0 Å². The summed E-state index contributed by atoms with van der Waals surface area (Å²) in [6.07, 6.45) is 2.09. The minimum Gasteiger partial charge on any atom is -0.344 e. The first-order valence-corrected chi connectivity index (χ1v) is 9.13. The van der Waals surface area contributed by atoms with E-state index in [2.05, 4.69) is 16.0 Å². The summed E-state index contributed by atoms with van der Waals surface area (Å²) in [7, 11) is 0. The normalized spacial score (nSPS) is 15.3. The van der Waals surface area contributed by atoms with E-state index in [9.17, 15) is 9.59 Å². The fourth-order valence-electron chi connectivity index (χ4n) is 3.18. The molecule has 0 saturated carbocycles. The zero-order valence-electron chi connectivity index (χ0n) is 15.2. The van der Waals surface area contributed by atoms with Crippen molar-refractivity contribution in [2.24, 2.45) is 5.92 Å². The average Bonchev–Trinajstić information content (AvgIpc) is 2.69. The Hall–Kier alpha value is -2.37. The first-order valence-electron chi connectivity index (χ1n) is 9.13. The number of anilines is 1. The summed E-state index contributed by atoms with van der Waals surface area (Å²) in [6.45, 7) is 1.69. The highest BCUT2D eigenvalue weighted by atomic mass is 35.5. The van der Waals surface area contributed by atoms with E-state index in [0.717, 1.165) is 37.2 Å². The van der Waals surface area contributed by atoms with Crippen LogP contribution in [0, 0.1) is 5.92 Å². The van der Waals surface area contributed by atoms with Crippen LogP contribution < -0.4 is 16.0 Å². The number of nitrogens with one attached hydrogen (secondary N) is 3. The molecular formula is C21H26ClN3O2. The Morgan fingerprint density at radius 3 is 2.19 bits per heavy atom. The first-order chi connectivity index (χ1) is 12.7. The van der Waals surface area contributed by atoms with E-state index in [-0.39, 0.29) is 30.1 Å². The highest BCUT2D eigenvalue weighted by Crippen LogP contribution is 2.14. The van der Waals surface area contributed by atoms with Gasteiger partial charge in [-0.05, 0) is 43.6 Å². The molecule has 3 rings (SSSR count). The second kappa shape index (κ2) is 10.7. The molecule has 1 unspecified atom stereocenters. The molecular weight excluding hydrogens is 362 g/mol. The number of para-hydroxylation sites is 1. The van der Waals surface area contributed by atoms with Crippen LogP contribution in [0.1, 0.15) is 18.4 Å². The van der Waals surface area contributed by atoms with Crippen molar-refractivity contribution in [2.45, 2.75) is 25.3 Å². The van der Waals surface area contributed by atoms with Gasteiger partial charge in [0.2, 0.25) is 11.8 Å². The van der Waals surface area contributed by atoms with Crippen molar-refractivity contribution in [1.82, 2.24) is 10.6 Å². The van der Waals surface area contributed by atoms with Crippen LogP contribution >= 0.6 is 12.4 Å². The lowest BCUT2D eigenvalue weighted by molar-refractivity contribution is -0.129. The molecule has 2 aromatic rings. The molecule has 144 valence electrons. The predicted molar refractivity (Wildman–Crippen MR) is 110 cm³/mol. The number of rotatable bonds is 6. The number of amides is 2. The van der Waals surface area contributed by atoms with E-state index < -0.39 is 6.04 Å². The van der Waals surface area contributed by atoms with Crippen LogP contribution in [0.4, 0.5) is 5.69 Å². The van der Waals surface area contributed by atoms with Crippen LogP contribution in [0.5, 0.6) is 0 Å². The van der Waals surface area contributed by atoms with Crippen molar-refractivity contribution in [2.75, 3.05) is 18.4 Å². The maximum atomic E-state index is 12.8. The van der Waals surface area contributed by atoms with Gasteiger partial charge >= 0.3 is 0 Å². The molecule has 1 saturated heterocycles. The van der Waals surface area contributed by atoms with Crippen LogP contribution in [0.3, 0.4) is 0 Å². The largest absolute Gasteiger partial charge is 0.344 e. The van der Waals surface area contributed by atoms with E-state index in [4.69, 9.17) is 0 Å². The maximum absolute atomic E-state index is 12.8. The van der Waals surface area contributed by atoms with E-state index >= 15 is 0 Å². The van der Waals surface area contributed by atoms with Crippen molar-refractivity contribution in [3.63, 3.8) is 0 Å². The second-order valence-electron chi connectivity index (χ2n) is 6.63. The third-order valence-corrected chi connectivity index (χ3v) is 4.67. The molecule has 6 heteroatoms. The molecule has 2 aromatic carbocycles. The Morgan fingerprint density at radius 2 is 1.56 bits per heavy atom. The molecule has 0 aliphatic carbocycles. The molecule has 5 nitrogen and oxygen atoms in total. The van der Waals surface area contributed by atoms with E-state index in [1.807, 2.05) is 60.7 Å². The van der Waals surface area contributed by atoms with Gasteiger partial charge in [-0.25, -0.2) is 0 Å². The number of carbonyl (C=O) groups is 2. The lowest BCUT2D eigenvalue weighted by Crippen LogP contribution is -2.48. The Morgan fingerprint density at radius 1 is 0.963 bits per heavy atom. The number of hydrogen-bond acceptors (Lipinski definition) is 3. The molecule has 0 spiro atoms. The standard InChI is InChI=1S/C21H25N3O2.ClH/c25-20(17-11-13-22-14-12-17)24-19(15-16-7-3-1-4-8-16)21(26)23-18-9-5-2-6-10-18;/h1-10,17,19,22H,11-15H2,(H,23,26)(H,24,25);1H. The summed E-state index contributed by atoms with van der Waals surface area (Å²) in [5.74, 6) is -0.253. The van der Waals surface area contributed by atoms with Crippen LogP contribution in [0.15, 0.2) is 60.7 Å². The highest BCUT2D eigenvalue weighted by Gasteiger charge is 2.26. The molecule has 1 fully saturated rings. The van der Waals surface area contributed by atoms with Crippen molar-refractivity contribution >= 4 is 29.9 Å². The van der Waals surface area contributed by atoms with Gasteiger partial charge in [0.15, 0.2) is 0 Å². The average molecular weight is 388 g/mol. The molecule has 1 aliphatic heterocycles. The Bertz CT molecular complexity index is 719. The van der Waals surface area contributed by atoms with Gasteiger partial charge in [0.1, 0.15) is 6.04 Å². The summed E-state index contributed by atoms with van der Waals surface area (Å²) in [5.41, 5.74) is 1.75. The Balaban J connectivity index is 0.00000261. The zero-order chi connectivity index (χ0) is 18.2. The van der Waals surface area contributed by atoms with Gasteiger partial charge in [-0.15, -0.1) is 12.4 Å². The van der Waals surface area contributed by atoms with Gasteiger partial charge in [0.05, 0.1) is 0 Å². The molecule has 1 aliphatic rings. The smallest absolute Gasteiger partial charge is 0.247 e. The summed E-state index contributed by atoms with van der Waals surface area (Å²) in [5, 5.41) is 9.14. The van der Waals surface area contributed by atoms with Gasteiger partial charge in [-0.2, -0.15) is 0 Å². The van der Waals surface area contributed by atoms with Crippen molar-refractivity contribution in [1.29, 1.82) is 0 Å². The second-order valence-corrected chi connectivity index (χ2v) is 6.63. The van der Waals surface area contributed by atoms with E-state index in [1.54, 1.807) is 0 Å². The molecule has 0 bridgehead atoms. The van der Waals surface area contributed by atoms with Crippen molar-refractivity contribution in [3.8, 4) is 0 Å². The summed E-state index contributed by atoms with van der Waals surface area (Å²) >= 11 is 0. The Labute approximate surface area is 166 Å². The highest BCUT2D eigenvalue weighted by molar-refractivity contribution is 5.97. The number of hydrogen-bond donors (Lipinski definition) is 3. The quantitative estimate of drug-likeness (QED) is 0.713. The molecule has 1 atom stereocenters. The van der Waals surface area contributed by atoms with Gasteiger partial charge in [-0.1, -0.05) is 48.5 Å². The summed E-state index contributed by atoms with van der Waals surface area (Å²) in [6, 6.07) is 18.5. The van der Waals surface area contributed by atoms with Gasteiger partial charge < -0.3 is 16.0 Å². The van der Waals surface area contributed by atoms with Crippen LogP contribution in [0.2, 0.25) is 0 Å². The van der Waals surface area contributed by atoms with Gasteiger partial charge in [0.25, 0.3) is 0 Å². The number of benzene rings is 2. The fourth-order valence-corrected chi connectivity index (χ4v) is 3.18. The van der Waals surface area contributed by atoms with Gasteiger partial charge in [0, 0.05) is 18.0 Å². The zero-order valence-corrected chi connectivity index (χ0v) is 16.0. The third-order valence-electron chi connectivity index (χ3n) is 4.67. The van der Waals surface area contributed by atoms with E-state index in [1.165, 1.54) is 0 Å². The molecule has 0 radical (unpaired) electrons. The molecule has 1 heterocycles. The molecule has 3 N–H and O–H groups in total. The molecule has 2 amide bonds. The number of carbonyl (C=O) groups excluding carboxylic acids is 2. The minimum absolute atomic E-state index is 0. The number of piperidine rings is 1. The van der Waals surface area contributed by atoms with Crippen LogP contribution in [-0.4, -0.2) is 30.9 Å². The summed E-state index contributed by atoms with van der Waals surface area (Å²) < 4.78 is 0. The monoisotopic (exact) mass is 387 g/mol. The maximum Gasteiger partial charge on any atom is 0.247 e. The van der Waals surface area contributed by atoms with Crippen molar-refractivity contribution in [3.05, 3.63) is 66.2 Å². The number of halogens is 1. The fraction of sp³-hybridized carbons (Fsp3) is 0.333. The predicted octanol–water partition coefficient (Wildman–Crippen LogP) is 2.77. The molecule has 0 aromatic heterocycles. The first kappa shape index (κ1) is 20.9. The van der Waals surface area contributed by atoms with Crippen molar-refractivity contribution < 1.29 is 9.59 Å². The Kier molecular flexibility index (Phi) is 8.30. The SMILES string of the molecule is Cl.O=C(NC(Cc1ccccc1)C(=O)Nc1ccccc1)C1CCNCC1. The van der Waals surface area contributed by atoms with Crippen LogP contribution in [-0.2, 0) is 16.0 Å². The minimum atomic E-state index is -0.597. The van der Waals surface area contributed by atoms with Gasteiger partial charge in [-0.3, -0.25) is 9.59 Å². The third kappa shape index (κ3) is 6.38. The topological polar surface area (TPSA) is 70.2 Å².